The smallest absolute Gasteiger partial charge is 0.417 e. The Bertz CT molecular complexity index is 1100. The van der Waals surface area contributed by atoms with Crippen molar-refractivity contribution in [1.29, 1.82) is 0 Å². The number of carboxylic acids is 1. The maximum absolute atomic E-state index is 14.5. The Morgan fingerprint density at radius 2 is 1.45 bits per heavy atom. The van der Waals surface area contributed by atoms with Gasteiger partial charge in [0.1, 0.15) is 17.6 Å². The Labute approximate surface area is 181 Å². The molecule has 0 aliphatic heterocycles. The molecule has 33 heavy (non-hydrogen) atoms. The van der Waals surface area contributed by atoms with E-state index < -0.39 is 74.9 Å². The summed E-state index contributed by atoms with van der Waals surface area (Å²) in [5.74, 6) is -9.15. The first-order valence-corrected chi connectivity index (χ1v) is 8.67. The maximum Gasteiger partial charge on any atom is 0.417 e. The third-order valence-electron chi connectivity index (χ3n) is 4.21. The summed E-state index contributed by atoms with van der Waals surface area (Å²) in [4.78, 5) is 10.9. The lowest BCUT2D eigenvalue weighted by Gasteiger charge is -2.20. The SMILES string of the molecule is O=C(O)c1ccc(C(F)=CC(c2cc(F)c(Cl)c(C(F)(F)F)c2)C(F)(F)F)cc1C(F)(F)F. The lowest BCUT2D eigenvalue weighted by atomic mass is 9.94. The van der Waals surface area contributed by atoms with Gasteiger partial charge in [0.2, 0.25) is 0 Å². The minimum atomic E-state index is -5.51. The van der Waals surface area contributed by atoms with Crippen molar-refractivity contribution in [3.63, 3.8) is 0 Å². The van der Waals surface area contributed by atoms with Crippen LogP contribution in [0.15, 0.2) is 36.4 Å². The van der Waals surface area contributed by atoms with E-state index in [0.29, 0.717) is 12.1 Å². The van der Waals surface area contributed by atoms with Gasteiger partial charge in [-0.05, 0) is 35.9 Å². The summed E-state index contributed by atoms with van der Waals surface area (Å²) in [5.41, 5.74) is -7.75. The predicted octanol–water partition coefficient (Wildman–Crippen LogP) is 7.87. The van der Waals surface area contributed by atoms with E-state index in [1.165, 1.54) is 0 Å². The number of alkyl halides is 9. The Hall–Kier alpha value is -2.83. The van der Waals surface area contributed by atoms with Crippen LogP contribution >= 0.6 is 11.6 Å². The monoisotopic (exact) mass is 512 g/mol. The lowest BCUT2D eigenvalue weighted by molar-refractivity contribution is -0.142. The van der Waals surface area contributed by atoms with Crippen molar-refractivity contribution >= 4 is 23.4 Å². The zero-order valence-corrected chi connectivity index (χ0v) is 16.2. The van der Waals surface area contributed by atoms with Gasteiger partial charge >= 0.3 is 24.5 Å². The van der Waals surface area contributed by atoms with Crippen LogP contribution < -0.4 is 0 Å². The van der Waals surface area contributed by atoms with Crippen molar-refractivity contribution in [3.05, 3.63) is 75.1 Å². The molecule has 0 fully saturated rings. The van der Waals surface area contributed by atoms with Crippen molar-refractivity contribution in [2.24, 2.45) is 0 Å². The number of halogens is 12. The first-order chi connectivity index (χ1) is 14.8. The molecule has 180 valence electrons. The number of benzene rings is 2. The quantitative estimate of drug-likeness (QED) is 0.423. The number of carbonyl (C=O) groups is 1. The summed E-state index contributed by atoms with van der Waals surface area (Å²) in [7, 11) is 0. The summed E-state index contributed by atoms with van der Waals surface area (Å²) < 4.78 is 147. The van der Waals surface area contributed by atoms with E-state index in [4.69, 9.17) is 16.7 Å². The van der Waals surface area contributed by atoms with Crippen LogP contribution in [0.3, 0.4) is 0 Å². The average molecular weight is 513 g/mol. The standard InChI is InChI=1S/C19H8ClF11O2/c20-15-12(19(29,30)31)4-8(5-14(15)22)10(17(23,24)25)6-13(21)7-1-2-9(16(32)33)11(3-7)18(26,27)28/h1-6,10H,(H,32,33). The van der Waals surface area contributed by atoms with Crippen LogP contribution in [0.25, 0.3) is 5.83 Å². The molecule has 0 radical (unpaired) electrons. The Morgan fingerprint density at radius 3 is 1.91 bits per heavy atom. The highest BCUT2D eigenvalue weighted by Crippen LogP contribution is 2.43. The summed E-state index contributed by atoms with van der Waals surface area (Å²) in [5, 5.41) is 7.27. The first-order valence-electron chi connectivity index (χ1n) is 8.29. The molecule has 1 N–H and O–H groups in total. The van der Waals surface area contributed by atoms with Crippen LogP contribution in [0.5, 0.6) is 0 Å². The van der Waals surface area contributed by atoms with E-state index in [9.17, 15) is 53.1 Å². The van der Waals surface area contributed by atoms with Gasteiger partial charge in [0.25, 0.3) is 0 Å². The van der Waals surface area contributed by atoms with Crippen LogP contribution in [-0.4, -0.2) is 17.3 Å². The number of hydrogen-bond acceptors (Lipinski definition) is 1. The summed E-state index contributed by atoms with van der Waals surface area (Å²) in [6, 6.07) is 0.463. The summed E-state index contributed by atoms with van der Waals surface area (Å²) in [6.45, 7) is 0. The van der Waals surface area contributed by atoms with Crippen molar-refractivity contribution in [2.75, 3.05) is 0 Å². The highest BCUT2D eigenvalue weighted by Gasteiger charge is 2.43. The molecular weight excluding hydrogens is 505 g/mol. The molecule has 0 aromatic heterocycles. The summed E-state index contributed by atoms with van der Waals surface area (Å²) >= 11 is 5.15. The van der Waals surface area contributed by atoms with E-state index in [2.05, 4.69) is 0 Å². The fourth-order valence-corrected chi connectivity index (χ4v) is 2.95. The zero-order valence-electron chi connectivity index (χ0n) is 15.4. The molecule has 0 saturated heterocycles. The molecule has 0 saturated carbocycles. The second-order valence-electron chi connectivity index (χ2n) is 6.46. The number of carboxylic acid groups (broad SMARTS) is 1. The molecule has 1 unspecified atom stereocenters. The van der Waals surface area contributed by atoms with Crippen LogP contribution in [0.2, 0.25) is 5.02 Å². The number of rotatable bonds is 4. The molecular formula is C19H8ClF11O2. The highest BCUT2D eigenvalue weighted by atomic mass is 35.5. The Morgan fingerprint density at radius 1 is 0.909 bits per heavy atom. The Balaban J connectivity index is 2.69. The normalized spacial score (nSPS) is 14.4. The van der Waals surface area contributed by atoms with Gasteiger partial charge in [0.15, 0.2) is 0 Å². The molecule has 0 amide bonds. The molecule has 2 aromatic carbocycles. The molecule has 0 aliphatic rings. The number of aromatic carboxylic acids is 1. The Kier molecular flexibility index (Phi) is 7.08. The average Bonchev–Trinajstić information content (AvgIpc) is 2.64. The third-order valence-corrected chi connectivity index (χ3v) is 4.60. The van der Waals surface area contributed by atoms with E-state index in [0.717, 1.165) is 0 Å². The van der Waals surface area contributed by atoms with Crippen LogP contribution in [0.1, 0.15) is 38.5 Å². The fraction of sp³-hybridized carbons (Fsp3) is 0.211. The lowest BCUT2D eigenvalue weighted by Crippen LogP contribution is -2.20. The van der Waals surface area contributed by atoms with E-state index in [1.54, 1.807) is 0 Å². The number of allylic oxidation sites excluding steroid dienone is 1. The first kappa shape index (κ1) is 26.4. The molecule has 0 spiro atoms. The molecule has 0 bridgehead atoms. The van der Waals surface area contributed by atoms with Gasteiger partial charge in [-0.1, -0.05) is 17.7 Å². The van der Waals surface area contributed by atoms with Gasteiger partial charge in [-0.25, -0.2) is 13.6 Å². The van der Waals surface area contributed by atoms with Crippen molar-refractivity contribution < 1.29 is 58.2 Å². The van der Waals surface area contributed by atoms with Crippen molar-refractivity contribution in [2.45, 2.75) is 24.4 Å². The molecule has 0 aliphatic carbocycles. The van der Waals surface area contributed by atoms with E-state index in [-0.39, 0.29) is 24.3 Å². The second-order valence-corrected chi connectivity index (χ2v) is 6.84. The highest BCUT2D eigenvalue weighted by molar-refractivity contribution is 6.31. The minimum absolute atomic E-state index is 0.0197. The number of hydrogen-bond donors (Lipinski definition) is 1. The fourth-order valence-electron chi connectivity index (χ4n) is 2.73. The van der Waals surface area contributed by atoms with Gasteiger partial charge < -0.3 is 5.11 Å². The van der Waals surface area contributed by atoms with Crippen LogP contribution in [-0.2, 0) is 12.4 Å². The molecule has 14 heteroatoms. The van der Waals surface area contributed by atoms with E-state index in [1.807, 2.05) is 0 Å². The largest absolute Gasteiger partial charge is 0.478 e. The summed E-state index contributed by atoms with van der Waals surface area (Å²) in [6.07, 6.45) is -16.6. The van der Waals surface area contributed by atoms with Gasteiger partial charge in [-0.2, -0.15) is 39.5 Å². The topological polar surface area (TPSA) is 37.3 Å². The maximum atomic E-state index is 14.5. The minimum Gasteiger partial charge on any atom is -0.478 e. The zero-order chi connectivity index (χ0) is 25.5. The van der Waals surface area contributed by atoms with Gasteiger partial charge in [0.05, 0.1) is 21.7 Å². The molecule has 0 heterocycles. The third kappa shape index (κ3) is 5.95. The second kappa shape index (κ2) is 8.84. The molecule has 2 rings (SSSR count). The van der Waals surface area contributed by atoms with Crippen LogP contribution in [0.4, 0.5) is 48.3 Å². The molecule has 2 nitrogen and oxygen atoms in total. The molecule has 1 atom stereocenters. The molecule has 2 aromatic rings. The predicted molar refractivity (Wildman–Crippen MR) is 92.7 cm³/mol. The van der Waals surface area contributed by atoms with Crippen LogP contribution in [0, 0.1) is 5.82 Å². The van der Waals surface area contributed by atoms with Gasteiger partial charge in [-0.3, -0.25) is 0 Å². The van der Waals surface area contributed by atoms with Gasteiger partial charge in [0, 0.05) is 5.56 Å². The van der Waals surface area contributed by atoms with E-state index >= 15 is 0 Å². The van der Waals surface area contributed by atoms with Gasteiger partial charge in [-0.15, -0.1) is 0 Å². The van der Waals surface area contributed by atoms with Crippen molar-refractivity contribution in [3.8, 4) is 0 Å². The van der Waals surface area contributed by atoms with Crippen molar-refractivity contribution in [1.82, 2.24) is 0 Å².